The van der Waals surface area contributed by atoms with Gasteiger partial charge in [-0.3, -0.25) is 4.79 Å². The average molecular weight is 284 g/mol. The maximum Gasteiger partial charge on any atom is 0.252 e. The maximum atomic E-state index is 11.2. The zero-order valence-corrected chi connectivity index (χ0v) is 10.2. The lowest BCUT2D eigenvalue weighted by Gasteiger charge is -2.07. The van der Waals surface area contributed by atoms with Crippen molar-refractivity contribution in [3.63, 3.8) is 0 Å². The molecular weight excluding hydrogens is 275 g/mol. The molecule has 0 aliphatic carbocycles. The molecule has 0 N–H and O–H groups in total. The van der Waals surface area contributed by atoms with Crippen LogP contribution >= 0.6 is 27.5 Å². The molecule has 0 atom stereocenters. The molecule has 2 aromatic carbocycles. The van der Waals surface area contributed by atoms with Crippen LogP contribution in [-0.4, -0.2) is 5.24 Å². The van der Waals surface area contributed by atoms with Gasteiger partial charge in [-0.15, -0.1) is 0 Å². The zero-order valence-electron chi connectivity index (χ0n) is 7.84. The van der Waals surface area contributed by atoms with Crippen LogP contribution in [0.25, 0.3) is 10.8 Å². The highest BCUT2D eigenvalue weighted by molar-refractivity contribution is 9.08. The maximum absolute atomic E-state index is 11.2. The van der Waals surface area contributed by atoms with Gasteiger partial charge in [0.05, 0.1) is 0 Å². The summed E-state index contributed by atoms with van der Waals surface area (Å²) in [5, 5.41) is 2.41. The topological polar surface area (TPSA) is 17.1 Å². The van der Waals surface area contributed by atoms with Gasteiger partial charge in [-0.25, -0.2) is 0 Å². The van der Waals surface area contributed by atoms with Crippen molar-refractivity contribution in [2.45, 2.75) is 5.33 Å². The van der Waals surface area contributed by atoms with Crippen molar-refractivity contribution < 1.29 is 4.79 Å². The summed E-state index contributed by atoms with van der Waals surface area (Å²) < 4.78 is 0. The smallest absolute Gasteiger partial charge is 0.252 e. The van der Waals surface area contributed by atoms with Crippen LogP contribution in [0.1, 0.15) is 15.9 Å². The van der Waals surface area contributed by atoms with Crippen molar-refractivity contribution in [2.24, 2.45) is 0 Å². The molecule has 76 valence electrons. The van der Waals surface area contributed by atoms with Crippen molar-refractivity contribution in [1.29, 1.82) is 0 Å². The predicted molar refractivity (Wildman–Crippen MR) is 66.8 cm³/mol. The van der Waals surface area contributed by atoms with Crippen LogP contribution in [0.3, 0.4) is 0 Å². The highest BCUT2D eigenvalue weighted by Gasteiger charge is 2.10. The SMILES string of the molecule is O=C(Cl)c1ccc2ccccc2c1CBr. The molecule has 0 amide bonds. The molecule has 0 aromatic heterocycles. The third-order valence-electron chi connectivity index (χ3n) is 2.39. The first-order valence-electron chi connectivity index (χ1n) is 4.50. The number of benzene rings is 2. The normalized spacial score (nSPS) is 10.5. The minimum atomic E-state index is -0.407. The van der Waals surface area contributed by atoms with Crippen molar-refractivity contribution in [1.82, 2.24) is 0 Å². The highest BCUT2D eigenvalue weighted by atomic mass is 79.9. The Morgan fingerprint density at radius 3 is 2.60 bits per heavy atom. The van der Waals surface area contributed by atoms with E-state index in [1.54, 1.807) is 6.07 Å². The van der Waals surface area contributed by atoms with Crippen LogP contribution in [0, 0.1) is 0 Å². The molecule has 0 unspecified atom stereocenters. The molecule has 1 nitrogen and oxygen atoms in total. The minimum Gasteiger partial charge on any atom is -0.276 e. The molecule has 2 aromatic rings. The average Bonchev–Trinajstić information content (AvgIpc) is 2.27. The first-order valence-corrected chi connectivity index (χ1v) is 6.00. The van der Waals surface area contributed by atoms with E-state index in [0.717, 1.165) is 16.3 Å². The number of rotatable bonds is 2. The van der Waals surface area contributed by atoms with Crippen LogP contribution in [-0.2, 0) is 5.33 Å². The summed E-state index contributed by atoms with van der Waals surface area (Å²) in [5.74, 6) is 0. The Bertz CT molecular complexity index is 522. The molecule has 15 heavy (non-hydrogen) atoms. The summed E-state index contributed by atoms with van der Waals surface area (Å²) in [6, 6.07) is 11.6. The first-order chi connectivity index (χ1) is 7.24. The summed E-state index contributed by atoms with van der Waals surface area (Å²) in [4.78, 5) is 11.2. The Morgan fingerprint density at radius 1 is 1.20 bits per heavy atom. The molecule has 3 heteroatoms. The second kappa shape index (κ2) is 4.33. The second-order valence-electron chi connectivity index (χ2n) is 3.22. The van der Waals surface area contributed by atoms with Gasteiger partial charge in [-0.2, -0.15) is 0 Å². The number of alkyl halides is 1. The van der Waals surface area contributed by atoms with Gasteiger partial charge in [0.2, 0.25) is 0 Å². The van der Waals surface area contributed by atoms with Crippen molar-refractivity contribution in [2.75, 3.05) is 0 Å². The van der Waals surface area contributed by atoms with Gasteiger partial charge in [0.1, 0.15) is 0 Å². The molecule has 0 aliphatic rings. The standard InChI is InChI=1S/C12H8BrClO/c13-7-11-9-4-2-1-3-8(9)5-6-10(11)12(14)15/h1-6H,7H2. The van der Waals surface area contributed by atoms with Gasteiger partial charge < -0.3 is 0 Å². The van der Waals surface area contributed by atoms with Crippen molar-refractivity contribution >= 4 is 43.5 Å². The highest BCUT2D eigenvalue weighted by Crippen LogP contribution is 2.25. The quantitative estimate of drug-likeness (QED) is 0.599. The minimum absolute atomic E-state index is 0.407. The van der Waals surface area contributed by atoms with Crippen LogP contribution in [0.15, 0.2) is 36.4 Å². The van der Waals surface area contributed by atoms with E-state index in [9.17, 15) is 4.79 Å². The van der Waals surface area contributed by atoms with Crippen LogP contribution in [0.5, 0.6) is 0 Å². The second-order valence-corrected chi connectivity index (χ2v) is 4.12. The monoisotopic (exact) mass is 282 g/mol. The molecule has 0 radical (unpaired) electrons. The summed E-state index contributed by atoms with van der Waals surface area (Å²) in [5.41, 5.74) is 1.53. The fourth-order valence-electron chi connectivity index (χ4n) is 1.66. The molecule has 0 spiro atoms. The van der Waals surface area contributed by atoms with Gasteiger partial charge >= 0.3 is 0 Å². The number of carbonyl (C=O) groups excluding carboxylic acids is 1. The van der Waals surface area contributed by atoms with E-state index in [-0.39, 0.29) is 0 Å². The van der Waals surface area contributed by atoms with E-state index < -0.39 is 5.24 Å². The van der Waals surface area contributed by atoms with Crippen LogP contribution in [0.4, 0.5) is 0 Å². The Balaban J connectivity index is 2.81. The predicted octanol–water partition coefficient (Wildman–Crippen LogP) is 4.11. The lowest BCUT2D eigenvalue weighted by Crippen LogP contribution is -1.96. The summed E-state index contributed by atoms with van der Waals surface area (Å²) in [6.45, 7) is 0. The molecule has 0 heterocycles. The van der Waals surface area contributed by atoms with E-state index >= 15 is 0 Å². The molecule has 0 saturated heterocycles. The van der Waals surface area contributed by atoms with E-state index in [1.165, 1.54) is 0 Å². The fourth-order valence-corrected chi connectivity index (χ4v) is 2.45. The third kappa shape index (κ3) is 1.92. The molecular formula is C12H8BrClO. The van der Waals surface area contributed by atoms with Gasteiger partial charge in [0, 0.05) is 10.9 Å². The summed E-state index contributed by atoms with van der Waals surface area (Å²) >= 11 is 8.91. The van der Waals surface area contributed by atoms with Gasteiger partial charge in [0.25, 0.3) is 5.24 Å². The molecule has 2 rings (SSSR count). The molecule has 0 fully saturated rings. The first kappa shape index (κ1) is 10.7. The van der Waals surface area contributed by atoms with Gasteiger partial charge in [-0.05, 0) is 34.0 Å². The van der Waals surface area contributed by atoms with E-state index in [1.807, 2.05) is 30.3 Å². The third-order valence-corrected chi connectivity index (χ3v) is 3.15. The van der Waals surface area contributed by atoms with Gasteiger partial charge in [-0.1, -0.05) is 46.3 Å². The Labute approximate surface area is 101 Å². The van der Waals surface area contributed by atoms with E-state index in [4.69, 9.17) is 11.6 Å². The summed E-state index contributed by atoms with van der Waals surface area (Å²) in [6.07, 6.45) is 0. The Morgan fingerprint density at radius 2 is 1.93 bits per heavy atom. The number of fused-ring (bicyclic) bond motifs is 1. The number of carbonyl (C=O) groups is 1. The fraction of sp³-hybridized carbons (Fsp3) is 0.0833. The Kier molecular flexibility index (Phi) is 3.08. The van der Waals surface area contributed by atoms with Crippen LogP contribution in [0.2, 0.25) is 0 Å². The lowest BCUT2D eigenvalue weighted by molar-refractivity contribution is 0.108. The molecule has 0 aliphatic heterocycles. The zero-order chi connectivity index (χ0) is 10.8. The number of halogens is 2. The van der Waals surface area contributed by atoms with Gasteiger partial charge in [0.15, 0.2) is 0 Å². The molecule has 0 bridgehead atoms. The largest absolute Gasteiger partial charge is 0.276 e. The van der Waals surface area contributed by atoms with Crippen molar-refractivity contribution in [3.8, 4) is 0 Å². The Hall–Kier alpha value is -0.860. The molecule has 0 saturated carbocycles. The number of hydrogen-bond acceptors (Lipinski definition) is 1. The summed E-state index contributed by atoms with van der Waals surface area (Å²) in [7, 11) is 0. The number of hydrogen-bond donors (Lipinski definition) is 0. The van der Waals surface area contributed by atoms with Crippen LogP contribution < -0.4 is 0 Å². The van der Waals surface area contributed by atoms with E-state index in [2.05, 4.69) is 15.9 Å². The lowest BCUT2D eigenvalue weighted by atomic mass is 10.0. The van der Waals surface area contributed by atoms with Crippen molar-refractivity contribution in [3.05, 3.63) is 47.5 Å². The van der Waals surface area contributed by atoms with E-state index in [0.29, 0.717) is 10.9 Å².